The first kappa shape index (κ1) is 20.2. The van der Waals surface area contributed by atoms with Gasteiger partial charge >= 0.3 is 0 Å². The zero-order chi connectivity index (χ0) is 19.8. The molecular formula is C23H23BrN2O2. The number of nitrogens with one attached hydrogen (secondary N) is 1. The van der Waals surface area contributed by atoms with Crippen LogP contribution in [0.4, 0.5) is 0 Å². The lowest BCUT2D eigenvalue weighted by Crippen LogP contribution is -2.36. The first-order valence-electron chi connectivity index (χ1n) is 9.54. The van der Waals surface area contributed by atoms with Crippen molar-refractivity contribution < 1.29 is 9.53 Å². The van der Waals surface area contributed by atoms with Gasteiger partial charge in [0.25, 0.3) is 5.91 Å². The number of amides is 1. The number of halogens is 1. The molecule has 1 saturated carbocycles. The van der Waals surface area contributed by atoms with E-state index in [4.69, 9.17) is 4.74 Å². The maximum absolute atomic E-state index is 12.6. The van der Waals surface area contributed by atoms with Crippen molar-refractivity contribution in [2.24, 2.45) is 0 Å². The van der Waals surface area contributed by atoms with Crippen molar-refractivity contribution >= 4 is 27.9 Å². The molecule has 1 fully saturated rings. The summed E-state index contributed by atoms with van der Waals surface area (Å²) in [5.41, 5.74) is 1.84. The minimum atomic E-state index is -0.316. The number of benzene rings is 2. The van der Waals surface area contributed by atoms with Crippen LogP contribution in [0, 0.1) is 11.3 Å². The van der Waals surface area contributed by atoms with Crippen LogP contribution in [0.3, 0.4) is 0 Å². The van der Waals surface area contributed by atoms with Gasteiger partial charge in [0.05, 0.1) is 0 Å². The van der Waals surface area contributed by atoms with Crippen molar-refractivity contribution in [2.75, 3.05) is 0 Å². The minimum absolute atomic E-state index is 0.0910. The molecule has 0 unspecified atom stereocenters. The molecule has 0 radical (unpaired) electrons. The second-order valence-corrected chi connectivity index (χ2v) is 7.85. The summed E-state index contributed by atoms with van der Waals surface area (Å²) in [6.07, 6.45) is 7.02. The van der Waals surface area contributed by atoms with E-state index >= 15 is 0 Å². The largest absolute Gasteiger partial charge is 0.488 e. The Balaban J connectivity index is 1.76. The normalized spacial score (nSPS) is 14.9. The van der Waals surface area contributed by atoms with Crippen LogP contribution >= 0.6 is 15.9 Å². The fourth-order valence-corrected chi connectivity index (χ4v) is 3.69. The third-order valence-corrected chi connectivity index (χ3v) is 5.31. The van der Waals surface area contributed by atoms with Gasteiger partial charge in [-0.3, -0.25) is 4.79 Å². The number of hydrogen-bond acceptors (Lipinski definition) is 3. The molecule has 0 aromatic heterocycles. The van der Waals surface area contributed by atoms with E-state index in [0.29, 0.717) is 17.9 Å². The Morgan fingerprint density at radius 3 is 2.64 bits per heavy atom. The highest BCUT2D eigenvalue weighted by Gasteiger charge is 2.18. The third-order valence-electron chi connectivity index (χ3n) is 4.81. The van der Waals surface area contributed by atoms with E-state index in [1.807, 2.05) is 54.6 Å². The Morgan fingerprint density at radius 2 is 1.93 bits per heavy atom. The second-order valence-electron chi connectivity index (χ2n) is 6.93. The maximum Gasteiger partial charge on any atom is 0.262 e. The van der Waals surface area contributed by atoms with Crippen LogP contribution < -0.4 is 10.1 Å². The summed E-state index contributed by atoms with van der Waals surface area (Å²) in [5, 5.41) is 12.5. The zero-order valence-corrected chi connectivity index (χ0v) is 17.2. The smallest absolute Gasteiger partial charge is 0.262 e. The van der Waals surface area contributed by atoms with Crippen LogP contribution in [0.1, 0.15) is 43.2 Å². The SMILES string of the molecule is N#C/C(=C/c1cc(Br)ccc1OCc1ccccc1)C(=O)NC1CCCCC1. The summed E-state index contributed by atoms with van der Waals surface area (Å²) in [4.78, 5) is 12.6. The Morgan fingerprint density at radius 1 is 1.18 bits per heavy atom. The third kappa shape index (κ3) is 5.71. The second kappa shape index (κ2) is 10.1. The van der Waals surface area contributed by atoms with Crippen LogP contribution in [0.15, 0.2) is 58.6 Å². The molecule has 1 aliphatic rings. The van der Waals surface area contributed by atoms with Gasteiger partial charge in [0.2, 0.25) is 0 Å². The molecule has 0 atom stereocenters. The van der Waals surface area contributed by atoms with Crippen molar-refractivity contribution in [2.45, 2.75) is 44.8 Å². The Hall–Kier alpha value is -2.58. The van der Waals surface area contributed by atoms with Crippen LogP contribution in [-0.2, 0) is 11.4 Å². The van der Waals surface area contributed by atoms with E-state index in [-0.39, 0.29) is 17.5 Å². The van der Waals surface area contributed by atoms with Crippen LogP contribution in [0.2, 0.25) is 0 Å². The molecule has 2 aromatic rings. The van der Waals surface area contributed by atoms with Crippen molar-refractivity contribution in [3.63, 3.8) is 0 Å². The summed E-state index contributed by atoms with van der Waals surface area (Å²) < 4.78 is 6.80. The first-order chi connectivity index (χ1) is 13.7. The maximum atomic E-state index is 12.6. The fraction of sp³-hybridized carbons (Fsp3) is 0.304. The van der Waals surface area contributed by atoms with Gasteiger partial charge in [-0.15, -0.1) is 0 Å². The highest BCUT2D eigenvalue weighted by molar-refractivity contribution is 9.10. The number of nitriles is 1. The molecule has 0 saturated heterocycles. The fourth-order valence-electron chi connectivity index (χ4n) is 3.31. The first-order valence-corrected chi connectivity index (χ1v) is 10.3. The van der Waals surface area contributed by atoms with Gasteiger partial charge in [0.15, 0.2) is 0 Å². The minimum Gasteiger partial charge on any atom is -0.488 e. The standard InChI is InChI=1S/C23H23BrN2O2/c24-20-11-12-22(28-16-17-7-3-1-4-8-17)18(14-20)13-19(15-25)23(27)26-21-9-5-2-6-10-21/h1,3-4,7-8,11-14,21H,2,5-6,9-10,16H2,(H,26,27)/b19-13-. The summed E-state index contributed by atoms with van der Waals surface area (Å²) in [7, 11) is 0. The van der Waals surface area contributed by atoms with Crippen molar-refractivity contribution in [3.8, 4) is 11.8 Å². The quantitative estimate of drug-likeness (QED) is 0.485. The van der Waals surface area contributed by atoms with Gasteiger partial charge in [-0.05, 0) is 42.7 Å². The zero-order valence-electron chi connectivity index (χ0n) is 15.7. The average Bonchev–Trinajstić information content (AvgIpc) is 2.72. The number of rotatable bonds is 6. The van der Waals surface area contributed by atoms with E-state index in [2.05, 4.69) is 21.2 Å². The topological polar surface area (TPSA) is 62.1 Å². The lowest BCUT2D eigenvalue weighted by molar-refractivity contribution is -0.117. The molecule has 1 aliphatic carbocycles. The van der Waals surface area contributed by atoms with Gasteiger partial charge in [0.1, 0.15) is 24.0 Å². The Bertz CT molecular complexity index is 881. The van der Waals surface area contributed by atoms with Crippen molar-refractivity contribution in [1.29, 1.82) is 5.26 Å². The van der Waals surface area contributed by atoms with E-state index in [1.165, 1.54) is 6.42 Å². The van der Waals surface area contributed by atoms with Gasteiger partial charge in [0, 0.05) is 16.1 Å². The molecule has 3 rings (SSSR count). The predicted octanol–water partition coefficient (Wildman–Crippen LogP) is 5.38. The molecular weight excluding hydrogens is 416 g/mol. The Labute approximate surface area is 174 Å². The lowest BCUT2D eigenvalue weighted by atomic mass is 9.95. The molecule has 0 heterocycles. The van der Waals surface area contributed by atoms with Gasteiger partial charge in [-0.25, -0.2) is 0 Å². The lowest BCUT2D eigenvalue weighted by Gasteiger charge is -2.22. The molecule has 5 heteroatoms. The molecule has 144 valence electrons. The number of hydrogen-bond donors (Lipinski definition) is 1. The van der Waals surface area contributed by atoms with Crippen LogP contribution in [0.25, 0.3) is 6.08 Å². The molecule has 28 heavy (non-hydrogen) atoms. The number of nitrogens with zero attached hydrogens (tertiary/aromatic N) is 1. The summed E-state index contributed by atoms with van der Waals surface area (Å²) >= 11 is 3.45. The molecule has 0 bridgehead atoms. The molecule has 0 aliphatic heterocycles. The highest BCUT2D eigenvalue weighted by atomic mass is 79.9. The molecule has 1 amide bonds. The van der Waals surface area contributed by atoms with E-state index in [1.54, 1.807) is 6.08 Å². The predicted molar refractivity (Wildman–Crippen MR) is 114 cm³/mol. The molecule has 0 spiro atoms. The Kier molecular flexibility index (Phi) is 7.27. The van der Waals surface area contributed by atoms with Gasteiger partial charge < -0.3 is 10.1 Å². The van der Waals surface area contributed by atoms with E-state index in [9.17, 15) is 10.1 Å². The molecule has 2 aromatic carbocycles. The monoisotopic (exact) mass is 438 g/mol. The van der Waals surface area contributed by atoms with Gasteiger partial charge in [-0.2, -0.15) is 5.26 Å². The van der Waals surface area contributed by atoms with Crippen molar-refractivity contribution in [1.82, 2.24) is 5.32 Å². The number of ether oxygens (including phenoxy) is 1. The summed E-state index contributed by atoms with van der Waals surface area (Å²) in [6.45, 7) is 0.416. The van der Waals surface area contributed by atoms with E-state index < -0.39 is 0 Å². The van der Waals surface area contributed by atoms with Gasteiger partial charge in [-0.1, -0.05) is 65.5 Å². The highest BCUT2D eigenvalue weighted by Crippen LogP contribution is 2.27. The molecule has 1 N–H and O–H groups in total. The average molecular weight is 439 g/mol. The van der Waals surface area contributed by atoms with E-state index in [0.717, 1.165) is 35.7 Å². The molecule has 4 nitrogen and oxygen atoms in total. The van der Waals surface area contributed by atoms with Crippen LogP contribution in [0.5, 0.6) is 5.75 Å². The summed E-state index contributed by atoms with van der Waals surface area (Å²) in [5.74, 6) is 0.314. The number of carbonyl (C=O) groups excluding carboxylic acids is 1. The summed E-state index contributed by atoms with van der Waals surface area (Å²) in [6, 6.07) is 17.6. The number of carbonyl (C=O) groups is 1. The van der Waals surface area contributed by atoms with Crippen LogP contribution in [-0.4, -0.2) is 11.9 Å². The van der Waals surface area contributed by atoms with Crippen molar-refractivity contribution in [3.05, 3.63) is 69.7 Å².